The topological polar surface area (TPSA) is 96.8 Å². The summed E-state index contributed by atoms with van der Waals surface area (Å²) in [6.45, 7) is 1.21. The number of sulfonamides is 1. The Morgan fingerprint density at radius 3 is 2.71 bits per heavy atom. The van der Waals surface area contributed by atoms with E-state index in [1.165, 1.54) is 23.9 Å². The average Bonchev–Trinajstić information content (AvgIpc) is 2.94. The van der Waals surface area contributed by atoms with Gasteiger partial charge in [-0.15, -0.1) is 0 Å². The maximum Gasteiger partial charge on any atom is 0.321 e. The molecule has 3 rings (SSSR count). The van der Waals surface area contributed by atoms with Gasteiger partial charge in [0.25, 0.3) is 10.0 Å². The van der Waals surface area contributed by atoms with Gasteiger partial charge in [-0.1, -0.05) is 11.6 Å². The molecule has 1 saturated heterocycles. The molecule has 1 aliphatic rings. The first-order valence-corrected chi connectivity index (χ1v) is 10.5. The lowest BCUT2D eigenvalue weighted by atomic mass is 10.3. The van der Waals surface area contributed by atoms with Crippen molar-refractivity contribution in [2.24, 2.45) is 7.05 Å². The van der Waals surface area contributed by atoms with Crippen LogP contribution in [0.25, 0.3) is 0 Å². The number of anilines is 1. The maximum absolute atomic E-state index is 12.7. The Balaban J connectivity index is 1.68. The summed E-state index contributed by atoms with van der Waals surface area (Å²) in [4.78, 5) is 18.2. The molecule has 1 aromatic carbocycles. The smallest absolute Gasteiger partial charge is 0.321 e. The van der Waals surface area contributed by atoms with Crippen LogP contribution in [0.4, 0.5) is 10.5 Å². The van der Waals surface area contributed by atoms with Crippen molar-refractivity contribution in [1.82, 2.24) is 18.8 Å². The predicted octanol–water partition coefficient (Wildman–Crippen LogP) is 2.01. The molecule has 1 fully saturated rings. The van der Waals surface area contributed by atoms with Crippen molar-refractivity contribution in [3.8, 4) is 5.75 Å². The molecule has 1 N–H and O–H groups in total. The zero-order chi connectivity index (χ0) is 20.3. The summed E-state index contributed by atoms with van der Waals surface area (Å²) < 4.78 is 33.7. The van der Waals surface area contributed by atoms with Crippen LogP contribution in [-0.2, 0) is 17.1 Å². The van der Waals surface area contributed by atoms with E-state index in [9.17, 15) is 13.2 Å². The second-order valence-electron chi connectivity index (χ2n) is 6.40. The molecule has 28 heavy (non-hydrogen) atoms. The summed E-state index contributed by atoms with van der Waals surface area (Å²) in [5.74, 6) is 0.493. The molecular weight excluding hydrogens is 406 g/mol. The highest BCUT2D eigenvalue weighted by molar-refractivity contribution is 7.89. The Labute approximate surface area is 168 Å². The number of rotatable bonds is 4. The second kappa shape index (κ2) is 8.38. The standard InChI is InChI=1S/C17H22ClN5O4S/c1-21-11-16(19-12-21)28(25,26)23-7-3-6-22(8-9-23)17(24)20-14-10-13(18)4-5-15(14)27-2/h4-5,10-12H,3,6-9H2,1-2H3,(H,20,24). The molecule has 11 heteroatoms. The third kappa shape index (κ3) is 4.40. The molecule has 1 aromatic heterocycles. The van der Waals surface area contributed by atoms with E-state index in [-0.39, 0.29) is 24.1 Å². The number of imidazole rings is 1. The minimum absolute atomic E-state index is 0.0107. The van der Waals surface area contributed by atoms with Gasteiger partial charge in [-0.3, -0.25) is 0 Å². The number of aromatic nitrogens is 2. The molecule has 1 aliphatic heterocycles. The van der Waals surface area contributed by atoms with E-state index in [0.29, 0.717) is 36.0 Å². The summed E-state index contributed by atoms with van der Waals surface area (Å²) in [5.41, 5.74) is 0.460. The number of carbonyl (C=O) groups is 1. The molecule has 0 saturated carbocycles. The van der Waals surface area contributed by atoms with Crippen LogP contribution in [0.5, 0.6) is 5.75 Å². The number of aryl methyl sites for hydroxylation is 1. The zero-order valence-electron chi connectivity index (χ0n) is 15.6. The lowest BCUT2D eigenvalue weighted by molar-refractivity contribution is 0.214. The molecule has 2 heterocycles. The number of hydrogen-bond donors (Lipinski definition) is 1. The van der Waals surface area contributed by atoms with Crippen LogP contribution in [0, 0.1) is 0 Å². The summed E-state index contributed by atoms with van der Waals surface area (Å²) in [5, 5.41) is 3.26. The highest BCUT2D eigenvalue weighted by Gasteiger charge is 2.30. The molecule has 0 aliphatic carbocycles. The Morgan fingerprint density at radius 1 is 1.25 bits per heavy atom. The van der Waals surface area contributed by atoms with Crippen LogP contribution in [0.1, 0.15) is 6.42 Å². The largest absolute Gasteiger partial charge is 0.495 e. The van der Waals surface area contributed by atoms with Gasteiger partial charge in [-0.25, -0.2) is 18.2 Å². The molecule has 0 bridgehead atoms. The van der Waals surface area contributed by atoms with Gasteiger partial charge < -0.3 is 19.5 Å². The molecule has 0 spiro atoms. The first-order chi connectivity index (χ1) is 13.3. The van der Waals surface area contributed by atoms with E-state index in [2.05, 4.69) is 10.3 Å². The first kappa shape index (κ1) is 20.4. The molecule has 0 atom stereocenters. The van der Waals surface area contributed by atoms with Crippen molar-refractivity contribution in [1.29, 1.82) is 0 Å². The van der Waals surface area contributed by atoms with E-state index in [4.69, 9.17) is 16.3 Å². The average molecular weight is 428 g/mol. The monoisotopic (exact) mass is 427 g/mol. The van der Waals surface area contributed by atoms with Gasteiger partial charge >= 0.3 is 6.03 Å². The SMILES string of the molecule is COc1ccc(Cl)cc1NC(=O)N1CCCN(S(=O)(=O)c2cn(C)cn2)CC1. The predicted molar refractivity (Wildman–Crippen MR) is 105 cm³/mol. The number of ether oxygens (including phenoxy) is 1. The van der Waals surface area contributed by atoms with Gasteiger partial charge in [0, 0.05) is 44.4 Å². The Bertz CT molecular complexity index is 962. The minimum atomic E-state index is -3.68. The summed E-state index contributed by atoms with van der Waals surface area (Å²) in [6.07, 6.45) is 3.44. The second-order valence-corrected chi connectivity index (χ2v) is 8.72. The van der Waals surface area contributed by atoms with Gasteiger partial charge in [-0.05, 0) is 24.6 Å². The van der Waals surface area contributed by atoms with Crippen LogP contribution in [0.2, 0.25) is 5.02 Å². The minimum Gasteiger partial charge on any atom is -0.495 e. The fourth-order valence-corrected chi connectivity index (χ4v) is 4.57. The molecule has 9 nitrogen and oxygen atoms in total. The normalized spacial score (nSPS) is 15.9. The Morgan fingerprint density at radius 2 is 2.04 bits per heavy atom. The molecule has 0 radical (unpaired) electrons. The molecule has 2 amide bonds. The van der Waals surface area contributed by atoms with E-state index >= 15 is 0 Å². The fourth-order valence-electron chi connectivity index (χ4n) is 2.96. The number of benzene rings is 1. The first-order valence-electron chi connectivity index (χ1n) is 8.69. The zero-order valence-corrected chi connectivity index (χ0v) is 17.2. The third-order valence-corrected chi connectivity index (χ3v) is 6.45. The van der Waals surface area contributed by atoms with Crippen molar-refractivity contribution in [3.63, 3.8) is 0 Å². The Kier molecular flexibility index (Phi) is 6.11. The number of methoxy groups -OCH3 is 1. The highest BCUT2D eigenvalue weighted by atomic mass is 35.5. The van der Waals surface area contributed by atoms with Gasteiger partial charge in [0.1, 0.15) is 5.75 Å². The summed E-state index contributed by atoms with van der Waals surface area (Å²) >= 11 is 6.00. The van der Waals surface area contributed by atoms with Crippen molar-refractivity contribution in [2.45, 2.75) is 11.4 Å². The molecular formula is C17H22ClN5O4S. The number of halogens is 1. The van der Waals surface area contributed by atoms with Crippen LogP contribution in [-0.4, -0.2) is 66.5 Å². The number of nitrogens with one attached hydrogen (secondary N) is 1. The number of hydrogen-bond acceptors (Lipinski definition) is 5. The van der Waals surface area contributed by atoms with Crippen LogP contribution in [0.3, 0.4) is 0 Å². The Hall–Kier alpha value is -2.30. The van der Waals surface area contributed by atoms with Gasteiger partial charge in [0.05, 0.1) is 19.1 Å². The quantitative estimate of drug-likeness (QED) is 0.805. The molecule has 152 valence electrons. The van der Waals surface area contributed by atoms with E-state index < -0.39 is 10.0 Å². The third-order valence-electron chi connectivity index (χ3n) is 4.43. The van der Waals surface area contributed by atoms with Crippen LogP contribution in [0.15, 0.2) is 35.7 Å². The van der Waals surface area contributed by atoms with Crippen LogP contribution >= 0.6 is 11.6 Å². The number of nitrogens with zero attached hydrogens (tertiary/aromatic N) is 4. The van der Waals surface area contributed by atoms with E-state index in [0.717, 1.165) is 0 Å². The van der Waals surface area contributed by atoms with Crippen LogP contribution < -0.4 is 10.1 Å². The number of urea groups is 1. The highest BCUT2D eigenvalue weighted by Crippen LogP contribution is 2.28. The van der Waals surface area contributed by atoms with Gasteiger partial charge in [0.2, 0.25) is 0 Å². The van der Waals surface area contributed by atoms with Crippen molar-refractivity contribution < 1.29 is 17.9 Å². The van der Waals surface area contributed by atoms with E-state index in [1.54, 1.807) is 34.7 Å². The molecule has 2 aromatic rings. The van der Waals surface area contributed by atoms with Gasteiger partial charge in [-0.2, -0.15) is 4.31 Å². The molecule has 0 unspecified atom stereocenters. The maximum atomic E-state index is 12.7. The van der Waals surface area contributed by atoms with Crippen molar-refractivity contribution in [2.75, 3.05) is 38.6 Å². The summed E-state index contributed by atoms with van der Waals surface area (Å²) in [7, 11) is -0.465. The number of carbonyl (C=O) groups excluding carboxylic acids is 1. The lowest BCUT2D eigenvalue weighted by Crippen LogP contribution is -2.39. The van der Waals surface area contributed by atoms with E-state index in [1.807, 2.05) is 0 Å². The number of amides is 2. The van der Waals surface area contributed by atoms with Crippen molar-refractivity contribution >= 4 is 33.3 Å². The van der Waals surface area contributed by atoms with Gasteiger partial charge in [0.15, 0.2) is 5.03 Å². The lowest BCUT2D eigenvalue weighted by Gasteiger charge is -2.22. The fraction of sp³-hybridized carbons (Fsp3) is 0.412. The van der Waals surface area contributed by atoms with Crippen molar-refractivity contribution in [3.05, 3.63) is 35.7 Å². The summed E-state index contributed by atoms with van der Waals surface area (Å²) in [6, 6.07) is 4.61.